The number of ether oxygens (including phenoxy) is 1. The highest BCUT2D eigenvalue weighted by atomic mass is 32.1. The van der Waals surface area contributed by atoms with Gasteiger partial charge >= 0.3 is 6.03 Å². The van der Waals surface area contributed by atoms with E-state index in [1.54, 1.807) is 14.0 Å². The first-order valence-corrected chi connectivity index (χ1v) is 8.35. The van der Waals surface area contributed by atoms with Crippen LogP contribution in [0.5, 0.6) is 5.75 Å². The van der Waals surface area contributed by atoms with Gasteiger partial charge in [0.1, 0.15) is 11.4 Å². The summed E-state index contributed by atoms with van der Waals surface area (Å²) in [4.78, 5) is 11.8. The molecule has 0 aliphatic carbocycles. The number of carbonyl (C=O) groups is 1. The number of carbonyl (C=O) groups excluding carboxylic acids is 1. The maximum absolute atomic E-state index is 11.8. The highest BCUT2D eigenvalue weighted by Crippen LogP contribution is 2.21. The molecule has 0 fully saturated rings. The van der Waals surface area contributed by atoms with Crippen LogP contribution < -0.4 is 15.4 Å². The monoisotopic (exact) mass is 334 g/mol. The van der Waals surface area contributed by atoms with Crippen molar-refractivity contribution in [1.82, 2.24) is 10.6 Å². The third-order valence-corrected chi connectivity index (χ3v) is 4.28. The van der Waals surface area contributed by atoms with Crippen molar-refractivity contribution in [2.45, 2.75) is 18.9 Å². The summed E-state index contributed by atoms with van der Waals surface area (Å²) < 4.78 is 5.10. The van der Waals surface area contributed by atoms with Gasteiger partial charge in [-0.3, -0.25) is 0 Å². The number of rotatable bonds is 7. The fourth-order valence-electron chi connectivity index (χ4n) is 2.10. The third kappa shape index (κ3) is 5.26. The Morgan fingerprint density at radius 1 is 1.26 bits per heavy atom. The van der Waals surface area contributed by atoms with Crippen LogP contribution >= 0.6 is 11.3 Å². The molecule has 5 nitrogen and oxygen atoms in total. The lowest BCUT2D eigenvalue weighted by Crippen LogP contribution is -2.43. The fraction of sp³-hybridized carbons (Fsp3) is 0.353. The number of amides is 2. The lowest BCUT2D eigenvalue weighted by Gasteiger charge is -2.22. The quantitative estimate of drug-likeness (QED) is 0.728. The lowest BCUT2D eigenvalue weighted by atomic mass is 9.99. The minimum atomic E-state index is -1.06. The van der Waals surface area contributed by atoms with Crippen molar-refractivity contribution in [3.63, 3.8) is 0 Å². The first-order chi connectivity index (χ1) is 11.0. The predicted octanol–water partition coefficient (Wildman–Crippen LogP) is 2.51. The van der Waals surface area contributed by atoms with Gasteiger partial charge in [-0.05, 0) is 53.4 Å². The Labute approximate surface area is 140 Å². The molecule has 2 rings (SSSR count). The molecule has 1 atom stereocenters. The summed E-state index contributed by atoms with van der Waals surface area (Å²) >= 11 is 1.52. The Bertz CT molecular complexity index is 609. The lowest BCUT2D eigenvalue weighted by molar-refractivity contribution is 0.0598. The molecule has 0 bridgehead atoms. The summed E-state index contributed by atoms with van der Waals surface area (Å²) in [5, 5.41) is 19.6. The molecular formula is C17H22N2O3S. The van der Waals surface area contributed by atoms with Gasteiger partial charge in [-0.25, -0.2) is 4.79 Å². The van der Waals surface area contributed by atoms with E-state index in [1.807, 2.05) is 41.1 Å². The van der Waals surface area contributed by atoms with E-state index in [0.717, 1.165) is 23.3 Å². The molecule has 2 amide bonds. The van der Waals surface area contributed by atoms with Gasteiger partial charge in [0.05, 0.1) is 13.7 Å². The largest absolute Gasteiger partial charge is 0.497 e. The minimum absolute atomic E-state index is 0.165. The maximum Gasteiger partial charge on any atom is 0.314 e. The topological polar surface area (TPSA) is 70.6 Å². The second kappa shape index (κ2) is 7.99. The minimum Gasteiger partial charge on any atom is -0.497 e. The Kier molecular flexibility index (Phi) is 6.01. The first-order valence-electron chi connectivity index (χ1n) is 7.41. The molecule has 2 aromatic rings. The zero-order chi connectivity index (χ0) is 16.7. The van der Waals surface area contributed by atoms with Crippen molar-refractivity contribution in [2.75, 3.05) is 20.2 Å². The van der Waals surface area contributed by atoms with Crippen LogP contribution in [0.25, 0.3) is 0 Å². The Morgan fingerprint density at radius 3 is 2.61 bits per heavy atom. The third-order valence-electron chi connectivity index (χ3n) is 3.59. The summed E-state index contributed by atoms with van der Waals surface area (Å²) in [6, 6.07) is 9.31. The van der Waals surface area contributed by atoms with Gasteiger partial charge in [0.2, 0.25) is 0 Å². The normalized spacial score (nSPS) is 13.2. The maximum atomic E-state index is 11.8. The van der Waals surface area contributed by atoms with Crippen LogP contribution in [-0.4, -0.2) is 31.3 Å². The number of hydrogen-bond acceptors (Lipinski definition) is 4. The molecule has 124 valence electrons. The number of hydrogen-bond donors (Lipinski definition) is 3. The van der Waals surface area contributed by atoms with Crippen LogP contribution in [-0.2, 0) is 12.0 Å². The van der Waals surface area contributed by atoms with Crippen LogP contribution in [0.1, 0.15) is 18.1 Å². The van der Waals surface area contributed by atoms with Crippen molar-refractivity contribution < 1.29 is 14.6 Å². The van der Waals surface area contributed by atoms with Gasteiger partial charge in [0.15, 0.2) is 0 Å². The molecule has 0 unspecified atom stereocenters. The van der Waals surface area contributed by atoms with Gasteiger partial charge in [-0.15, -0.1) is 0 Å². The summed E-state index contributed by atoms with van der Waals surface area (Å²) in [7, 11) is 1.63. The molecule has 0 aliphatic rings. The highest BCUT2D eigenvalue weighted by Gasteiger charge is 2.23. The van der Waals surface area contributed by atoms with Crippen molar-refractivity contribution in [3.8, 4) is 5.75 Å². The van der Waals surface area contributed by atoms with Crippen molar-refractivity contribution in [1.29, 1.82) is 0 Å². The van der Waals surface area contributed by atoms with E-state index in [9.17, 15) is 9.90 Å². The van der Waals surface area contributed by atoms with Crippen molar-refractivity contribution in [2.24, 2.45) is 0 Å². The summed E-state index contributed by atoms with van der Waals surface area (Å²) in [6.07, 6.45) is 0.734. The number of urea groups is 1. The SMILES string of the molecule is COc1ccc(CCNC(=O)NC[C@@](C)(O)c2ccsc2)cc1. The molecular weight excluding hydrogens is 312 g/mol. The van der Waals surface area contributed by atoms with E-state index < -0.39 is 5.60 Å². The first kappa shape index (κ1) is 17.3. The Hall–Kier alpha value is -2.05. The molecule has 0 spiro atoms. The molecule has 0 radical (unpaired) electrons. The molecule has 0 saturated carbocycles. The van der Waals surface area contributed by atoms with Crippen molar-refractivity contribution in [3.05, 3.63) is 52.2 Å². The highest BCUT2D eigenvalue weighted by molar-refractivity contribution is 7.08. The average Bonchev–Trinajstić information content (AvgIpc) is 3.09. The van der Waals surface area contributed by atoms with E-state index in [2.05, 4.69) is 10.6 Å². The smallest absolute Gasteiger partial charge is 0.314 e. The number of thiophene rings is 1. The van der Waals surface area contributed by atoms with E-state index in [1.165, 1.54) is 11.3 Å². The van der Waals surface area contributed by atoms with E-state index in [4.69, 9.17) is 4.74 Å². The second-order valence-corrected chi connectivity index (χ2v) is 6.27. The van der Waals surface area contributed by atoms with Gasteiger partial charge in [-0.1, -0.05) is 12.1 Å². The molecule has 0 aliphatic heterocycles. The molecule has 1 heterocycles. The molecule has 3 N–H and O–H groups in total. The average molecular weight is 334 g/mol. The second-order valence-electron chi connectivity index (χ2n) is 5.49. The van der Waals surface area contributed by atoms with Gasteiger partial charge < -0.3 is 20.5 Å². The van der Waals surface area contributed by atoms with Crippen LogP contribution in [0, 0.1) is 0 Å². The summed E-state index contributed by atoms with van der Waals surface area (Å²) in [5.74, 6) is 0.815. The predicted molar refractivity (Wildman–Crippen MR) is 92.0 cm³/mol. The Morgan fingerprint density at radius 2 is 2.00 bits per heavy atom. The zero-order valence-electron chi connectivity index (χ0n) is 13.3. The zero-order valence-corrected chi connectivity index (χ0v) is 14.2. The van der Waals surface area contributed by atoms with Crippen LogP contribution in [0.3, 0.4) is 0 Å². The van der Waals surface area contributed by atoms with Crippen LogP contribution in [0.2, 0.25) is 0 Å². The van der Waals surface area contributed by atoms with Gasteiger partial charge in [-0.2, -0.15) is 11.3 Å². The number of aliphatic hydroxyl groups is 1. The van der Waals surface area contributed by atoms with Crippen molar-refractivity contribution >= 4 is 17.4 Å². The number of methoxy groups -OCH3 is 1. The van der Waals surface area contributed by atoms with Gasteiger partial charge in [0, 0.05) is 6.54 Å². The molecule has 0 saturated heterocycles. The van der Waals surface area contributed by atoms with Crippen LogP contribution in [0.15, 0.2) is 41.1 Å². The van der Waals surface area contributed by atoms with E-state index in [0.29, 0.717) is 6.54 Å². The Balaban J connectivity index is 1.70. The molecule has 1 aromatic carbocycles. The van der Waals surface area contributed by atoms with E-state index in [-0.39, 0.29) is 12.6 Å². The molecule has 1 aromatic heterocycles. The van der Waals surface area contributed by atoms with E-state index >= 15 is 0 Å². The number of nitrogens with one attached hydrogen (secondary N) is 2. The summed E-state index contributed by atoms with van der Waals surface area (Å²) in [6.45, 7) is 2.38. The molecule has 6 heteroatoms. The molecule has 23 heavy (non-hydrogen) atoms. The fourth-order valence-corrected chi connectivity index (χ4v) is 2.88. The summed E-state index contributed by atoms with van der Waals surface area (Å²) in [5.41, 5.74) is 0.866. The van der Waals surface area contributed by atoms with Gasteiger partial charge in [0.25, 0.3) is 0 Å². The standard InChI is InChI=1S/C17H22N2O3S/c1-17(21,14-8-10-23-11-14)12-19-16(20)18-9-7-13-3-5-15(22-2)6-4-13/h3-6,8,10-11,21H,7,9,12H2,1-2H3,(H2,18,19,20)/t17-/m1/s1. The number of benzene rings is 1. The van der Waals surface area contributed by atoms with Crippen LogP contribution in [0.4, 0.5) is 4.79 Å².